The van der Waals surface area contributed by atoms with E-state index in [1.165, 1.54) is 135 Å². The number of rotatable bonds is 65. The van der Waals surface area contributed by atoms with Crippen molar-refractivity contribution < 1.29 is 42.9 Å². The number of aliphatic carboxylic acids is 1. The molecule has 0 aromatic rings. The predicted octanol–water partition coefficient (Wildman–Crippen LogP) is 21.4. The van der Waals surface area contributed by atoms with Crippen LogP contribution in [0.5, 0.6) is 0 Å². The van der Waals surface area contributed by atoms with Crippen LogP contribution >= 0.6 is 0 Å². The van der Waals surface area contributed by atoms with E-state index in [-0.39, 0.29) is 38.6 Å². The summed E-state index contributed by atoms with van der Waals surface area (Å²) in [4.78, 5) is 37.5. The molecule has 9 heteroatoms. The molecule has 0 N–H and O–H groups in total. The van der Waals surface area contributed by atoms with Crippen molar-refractivity contribution in [2.75, 3.05) is 47.5 Å². The van der Waals surface area contributed by atoms with Crippen molar-refractivity contribution in [1.29, 1.82) is 0 Å². The zero-order chi connectivity index (χ0) is 64.7. The van der Waals surface area contributed by atoms with Crippen LogP contribution in [-0.4, -0.2) is 82.3 Å². The minimum atomic E-state index is -1.63. The topological polar surface area (TPSA) is 111 Å². The molecule has 0 aromatic carbocycles. The van der Waals surface area contributed by atoms with E-state index in [9.17, 15) is 19.5 Å². The molecule has 0 rings (SSSR count). The van der Waals surface area contributed by atoms with Gasteiger partial charge in [-0.25, -0.2) is 0 Å². The monoisotopic (exact) mass is 1240 g/mol. The first-order valence-electron chi connectivity index (χ1n) is 36.0. The second-order valence-electron chi connectivity index (χ2n) is 24.8. The Labute approximate surface area is 547 Å². The summed E-state index contributed by atoms with van der Waals surface area (Å²) < 4.78 is 22.8. The van der Waals surface area contributed by atoms with Crippen LogP contribution in [0.3, 0.4) is 0 Å². The maximum atomic E-state index is 12.9. The van der Waals surface area contributed by atoms with Crippen molar-refractivity contribution in [2.45, 2.75) is 296 Å². The van der Waals surface area contributed by atoms with Crippen LogP contribution in [0.2, 0.25) is 0 Å². The average molecular weight is 1240 g/mol. The highest BCUT2D eigenvalue weighted by molar-refractivity contribution is 5.70. The molecule has 0 amide bonds. The van der Waals surface area contributed by atoms with Crippen LogP contribution in [-0.2, 0) is 33.3 Å². The number of esters is 2. The summed E-state index contributed by atoms with van der Waals surface area (Å²) in [6.45, 7) is 4.62. The normalized spacial score (nSPS) is 13.6. The molecular weight excluding hydrogens is 1100 g/mol. The first kappa shape index (κ1) is 84.2. The van der Waals surface area contributed by atoms with Gasteiger partial charge in [0.25, 0.3) is 0 Å². The molecule has 2 unspecified atom stereocenters. The first-order chi connectivity index (χ1) is 43.6. The van der Waals surface area contributed by atoms with Gasteiger partial charge in [0.05, 0.1) is 40.3 Å². The van der Waals surface area contributed by atoms with Gasteiger partial charge < -0.3 is 33.3 Å². The van der Waals surface area contributed by atoms with Crippen molar-refractivity contribution in [3.63, 3.8) is 0 Å². The summed E-state index contributed by atoms with van der Waals surface area (Å²) in [7, 11) is 5.92. The van der Waals surface area contributed by atoms with Crippen molar-refractivity contribution in [2.24, 2.45) is 0 Å². The van der Waals surface area contributed by atoms with Crippen LogP contribution in [0.25, 0.3) is 0 Å². The minimum absolute atomic E-state index is 0.139. The summed E-state index contributed by atoms with van der Waals surface area (Å²) in [5, 5.41) is 11.8. The summed E-state index contributed by atoms with van der Waals surface area (Å²) in [6.07, 6.45) is 97.8. The van der Waals surface area contributed by atoms with Crippen molar-refractivity contribution in [3.05, 3.63) is 146 Å². The number of carbonyl (C=O) groups excluding carboxylic acids is 3. The van der Waals surface area contributed by atoms with Gasteiger partial charge in [0.15, 0.2) is 12.4 Å². The van der Waals surface area contributed by atoms with Crippen LogP contribution in [0.4, 0.5) is 0 Å². The number of carbonyl (C=O) groups is 3. The lowest BCUT2D eigenvalue weighted by molar-refractivity contribution is -0.870. The SMILES string of the molecule is CC/C=C\C/C=C\C/C=C\C/C=C\C/C=C\C/C=C\C/C=C\C/C=C\C/C=C\CCCCCCCCCCCC(=O)OC(COC(=O)CCCCCCCCCCCCCC/C=C\C/C=C\C/C=C\CCCCCCC)COC(OCC[N+](C)(C)C)C(=O)[O-]. The standard InChI is InChI=1S/C80H133NO8/c1-6-8-10-12-14-16-18-20-22-24-26-28-30-32-34-35-36-37-38-39-40-41-42-43-45-47-49-51-53-55-57-59-61-63-65-67-69-71-78(83)89-76(75-88-80(79(84)85)86-73-72-81(3,4)5)74-87-77(82)70-68-66-64-62-60-58-56-54-52-50-48-46-44-33-31-29-27-25-23-21-19-17-15-13-11-9-7-2/h8,10,14,16,19-22,25-28,31-34,36-37,39-40,42-43,47,49,76,80H,6-7,9,11-13,15,17-18,23-24,29-30,35,38,41,44-46,48,50-75H2,1-5H3/b10-8-,16-14-,21-19-,22-20-,27-25-,28-26-,33-31-,34-32-,37-36-,40-39-,43-42-,49-47-. The average Bonchev–Trinajstić information content (AvgIpc) is 3.70. The Morgan fingerprint density at radius 1 is 0.348 bits per heavy atom. The molecule has 0 aliphatic rings. The largest absolute Gasteiger partial charge is 0.545 e. The van der Waals surface area contributed by atoms with E-state index in [0.717, 1.165) is 116 Å². The number of likely N-dealkylation sites (N-methyl/N-ethyl adjacent to an activating group) is 1. The Morgan fingerprint density at radius 3 is 0.955 bits per heavy atom. The summed E-state index contributed by atoms with van der Waals surface area (Å²) in [5.41, 5.74) is 0. The molecule has 506 valence electrons. The molecule has 0 radical (unpaired) electrons. The van der Waals surface area contributed by atoms with E-state index >= 15 is 0 Å². The molecule has 0 heterocycles. The van der Waals surface area contributed by atoms with Gasteiger partial charge in [0.1, 0.15) is 13.2 Å². The molecule has 0 aliphatic carbocycles. The van der Waals surface area contributed by atoms with Crippen LogP contribution < -0.4 is 5.11 Å². The van der Waals surface area contributed by atoms with E-state index < -0.39 is 24.3 Å². The number of ether oxygens (including phenoxy) is 4. The number of unbranched alkanes of at least 4 members (excludes halogenated alkanes) is 26. The smallest absolute Gasteiger partial charge is 0.306 e. The molecule has 89 heavy (non-hydrogen) atoms. The Hall–Kier alpha value is -4.83. The lowest BCUT2D eigenvalue weighted by atomic mass is 10.0. The lowest BCUT2D eigenvalue weighted by Crippen LogP contribution is -2.44. The summed E-state index contributed by atoms with van der Waals surface area (Å²) in [6, 6.07) is 0. The molecule has 0 bridgehead atoms. The molecule has 0 saturated heterocycles. The lowest BCUT2D eigenvalue weighted by Gasteiger charge is -2.26. The van der Waals surface area contributed by atoms with Crippen molar-refractivity contribution in [3.8, 4) is 0 Å². The molecule has 0 aromatic heterocycles. The Balaban J connectivity index is 4.18. The quantitative estimate of drug-likeness (QED) is 0.0195. The first-order valence-corrected chi connectivity index (χ1v) is 36.0. The molecular formula is C80H133NO8. The van der Waals surface area contributed by atoms with E-state index in [1.807, 2.05) is 21.1 Å². The fourth-order valence-electron chi connectivity index (χ4n) is 9.60. The highest BCUT2D eigenvalue weighted by Crippen LogP contribution is 2.16. The Morgan fingerprint density at radius 2 is 0.640 bits per heavy atom. The van der Waals surface area contributed by atoms with E-state index in [2.05, 4.69) is 160 Å². The second-order valence-corrected chi connectivity index (χ2v) is 24.8. The Bertz CT molecular complexity index is 1970. The van der Waals surface area contributed by atoms with Crippen LogP contribution in [0, 0.1) is 0 Å². The van der Waals surface area contributed by atoms with E-state index in [1.54, 1.807) is 0 Å². The van der Waals surface area contributed by atoms with Gasteiger partial charge >= 0.3 is 11.9 Å². The van der Waals surface area contributed by atoms with Gasteiger partial charge in [-0.1, -0.05) is 295 Å². The third kappa shape index (κ3) is 70.5. The third-order valence-electron chi connectivity index (χ3n) is 15.1. The predicted molar refractivity (Wildman–Crippen MR) is 379 cm³/mol. The van der Waals surface area contributed by atoms with Gasteiger partial charge in [-0.2, -0.15) is 0 Å². The van der Waals surface area contributed by atoms with Crippen LogP contribution in [0.15, 0.2) is 146 Å². The van der Waals surface area contributed by atoms with Gasteiger partial charge in [-0.05, 0) is 122 Å². The molecule has 9 nitrogen and oxygen atoms in total. The molecule has 2 atom stereocenters. The van der Waals surface area contributed by atoms with Gasteiger partial charge in [0, 0.05) is 12.8 Å². The molecule has 0 aliphatic heterocycles. The maximum absolute atomic E-state index is 12.9. The Kier molecular flexibility index (Phi) is 65.3. The number of hydrogen-bond donors (Lipinski definition) is 0. The third-order valence-corrected chi connectivity index (χ3v) is 15.1. The fraction of sp³-hybridized carbons (Fsp3) is 0.662. The summed E-state index contributed by atoms with van der Waals surface area (Å²) >= 11 is 0. The van der Waals surface area contributed by atoms with Crippen molar-refractivity contribution >= 4 is 17.9 Å². The molecule has 0 saturated carbocycles. The van der Waals surface area contributed by atoms with E-state index in [4.69, 9.17) is 18.9 Å². The van der Waals surface area contributed by atoms with E-state index in [0.29, 0.717) is 17.4 Å². The number of quaternary nitrogens is 1. The number of allylic oxidation sites excluding steroid dienone is 24. The maximum Gasteiger partial charge on any atom is 0.306 e. The number of carboxylic acid groups (broad SMARTS) is 1. The molecule has 0 fully saturated rings. The van der Waals surface area contributed by atoms with Gasteiger partial charge in [-0.3, -0.25) is 9.59 Å². The molecule has 0 spiro atoms. The van der Waals surface area contributed by atoms with Crippen molar-refractivity contribution in [1.82, 2.24) is 0 Å². The fourth-order valence-corrected chi connectivity index (χ4v) is 9.60. The number of hydrogen-bond acceptors (Lipinski definition) is 8. The van der Waals surface area contributed by atoms with Gasteiger partial charge in [-0.15, -0.1) is 0 Å². The van der Waals surface area contributed by atoms with Gasteiger partial charge in [0.2, 0.25) is 0 Å². The minimum Gasteiger partial charge on any atom is -0.545 e. The zero-order valence-electron chi connectivity index (χ0n) is 57.8. The highest BCUT2D eigenvalue weighted by Gasteiger charge is 2.22. The number of carboxylic acids is 1. The van der Waals surface area contributed by atoms with Crippen LogP contribution in [0.1, 0.15) is 284 Å². The highest BCUT2D eigenvalue weighted by atomic mass is 16.7. The number of nitrogens with zero attached hydrogens (tertiary/aromatic N) is 1. The second kappa shape index (κ2) is 69.1. The summed E-state index contributed by atoms with van der Waals surface area (Å²) in [5.74, 6) is -2.30. The zero-order valence-corrected chi connectivity index (χ0v) is 57.8.